The van der Waals surface area contributed by atoms with E-state index in [0.29, 0.717) is 12.6 Å². The maximum absolute atomic E-state index is 11.0. The molecule has 1 aromatic carbocycles. The van der Waals surface area contributed by atoms with E-state index in [4.69, 9.17) is 0 Å². The highest BCUT2D eigenvalue weighted by Crippen LogP contribution is 2.55. The van der Waals surface area contributed by atoms with E-state index in [0.717, 1.165) is 37.1 Å². The zero-order valence-electron chi connectivity index (χ0n) is 18.9. The summed E-state index contributed by atoms with van der Waals surface area (Å²) in [6, 6.07) is 11.2. The molecule has 1 saturated heterocycles. The molecule has 0 radical (unpaired) electrons. The van der Waals surface area contributed by atoms with Gasteiger partial charge in [-0.2, -0.15) is 0 Å². The van der Waals surface area contributed by atoms with Crippen molar-refractivity contribution in [2.24, 2.45) is 7.05 Å². The van der Waals surface area contributed by atoms with Gasteiger partial charge in [-0.25, -0.2) is 0 Å². The van der Waals surface area contributed by atoms with Gasteiger partial charge in [0.05, 0.1) is 5.54 Å². The number of piperidine rings is 1. The van der Waals surface area contributed by atoms with Gasteiger partial charge in [0.2, 0.25) is 0 Å². The van der Waals surface area contributed by atoms with Crippen molar-refractivity contribution in [2.75, 3.05) is 18.0 Å². The number of hydrogen-bond acceptors (Lipinski definition) is 4. The summed E-state index contributed by atoms with van der Waals surface area (Å²) in [5.41, 5.74) is 2.80. The number of fused-ring (bicyclic) bond motifs is 2. The number of para-hydroxylation sites is 1. The van der Waals surface area contributed by atoms with Crippen molar-refractivity contribution in [3.8, 4) is 11.8 Å². The fourth-order valence-electron chi connectivity index (χ4n) is 6.50. The molecule has 2 N–H and O–H groups in total. The van der Waals surface area contributed by atoms with Gasteiger partial charge in [-0.05, 0) is 37.8 Å². The Morgan fingerprint density at radius 1 is 0.839 bits per heavy atom. The third kappa shape index (κ3) is 3.51. The van der Waals surface area contributed by atoms with E-state index >= 15 is 0 Å². The summed E-state index contributed by atoms with van der Waals surface area (Å²) < 4.78 is 1.55. The monoisotopic (exact) mass is 423 g/mol. The smallest absolute Gasteiger partial charge is 0.199 e. The molecular formula is C26H37N3O2. The highest BCUT2D eigenvalue weighted by molar-refractivity contribution is 5.63. The Hall–Kier alpha value is -2.14. The van der Waals surface area contributed by atoms with Crippen LogP contribution < -0.4 is 4.90 Å². The number of aromatic nitrogens is 1. The van der Waals surface area contributed by atoms with Gasteiger partial charge in [-0.1, -0.05) is 56.7 Å². The van der Waals surface area contributed by atoms with Crippen LogP contribution in [0.1, 0.15) is 75.3 Å². The molecule has 2 aromatic rings. The van der Waals surface area contributed by atoms with Crippen LogP contribution in [0.3, 0.4) is 0 Å². The predicted molar refractivity (Wildman–Crippen MR) is 125 cm³/mol. The van der Waals surface area contributed by atoms with Crippen LogP contribution in [0.25, 0.3) is 0 Å². The fraction of sp³-hybridized carbons (Fsp3) is 0.615. The van der Waals surface area contributed by atoms with E-state index in [1.165, 1.54) is 57.1 Å². The summed E-state index contributed by atoms with van der Waals surface area (Å²) in [7, 11) is 1.76. The zero-order valence-corrected chi connectivity index (χ0v) is 18.9. The van der Waals surface area contributed by atoms with Gasteiger partial charge >= 0.3 is 0 Å². The molecule has 3 aliphatic rings. The fourth-order valence-corrected chi connectivity index (χ4v) is 6.50. The molecule has 1 aliphatic carbocycles. The molecule has 0 atom stereocenters. The van der Waals surface area contributed by atoms with Crippen LogP contribution >= 0.6 is 0 Å². The summed E-state index contributed by atoms with van der Waals surface area (Å²) in [5, 5.41) is 21.7. The summed E-state index contributed by atoms with van der Waals surface area (Å²) in [6.45, 7) is 2.77. The first-order valence-electron chi connectivity index (χ1n) is 12.3. The van der Waals surface area contributed by atoms with Gasteiger partial charge in [0.15, 0.2) is 11.8 Å². The number of nitrogens with zero attached hydrogens (tertiary/aromatic N) is 3. The van der Waals surface area contributed by atoms with Crippen LogP contribution in [0.15, 0.2) is 30.3 Å². The molecule has 2 aliphatic heterocycles. The van der Waals surface area contributed by atoms with Gasteiger partial charge in [-0.3, -0.25) is 4.57 Å². The lowest BCUT2D eigenvalue weighted by Gasteiger charge is -2.48. The number of benzene rings is 1. The predicted octanol–water partition coefficient (Wildman–Crippen LogP) is 5.25. The van der Waals surface area contributed by atoms with Crippen LogP contribution in [0.2, 0.25) is 0 Å². The Morgan fingerprint density at radius 2 is 1.45 bits per heavy atom. The molecule has 0 amide bonds. The largest absolute Gasteiger partial charge is 0.494 e. The van der Waals surface area contributed by atoms with Crippen molar-refractivity contribution in [2.45, 2.75) is 82.3 Å². The van der Waals surface area contributed by atoms with Gasteiger partial charge in [-0.15, -0.1) is 0 Å². The average Bonchev–Trinajstić information content (AvgIpc) is 3.28. The van der Waals surface area contributed by atoms with Crippen molar-refractivity contribution in [3.05, 3.63) is 41.5 Å². The first-order valence-corrected chi connectivity index (χ1v) is 12.3. The minimum atomic E-state index is -0.242. The van der Waals surface area contributed by atoms with Crippen LogP contribution in [0.4, 0.5) is 5.69 Å². The van der Waals surface area contributed by atoms with Crippen molar-refractivity contribution >= 4 is 5.69 Å². The summed E-state index contributed by atoms with van der Waals surface area (Å²) >= 11 is 0. The Bertz CT molecular complexity index is 889. The first kappa shape index (κ1) is 20.7. The van der Waals surface area contributed by atoms with Gasteiger partial charge in [0.1, 0.15) is 0 Å². The highest BCUT2D eigenvalue weighted by atomic mass is 16.3. The minimum Gasteiger partial charge on any atom is -0.494 e. The second-order valence-electron chi connectivity index (χ2n) is 9.90. The zero-order chi connectivity index (χ0) is 21.4. The summed E-state index contributed by atoms with van der Waals surface area (Å²) in [6.07, 6.45) is 12.9. The molecule has 31 heavy (non-hydrogen) atoms. The maximum Gasteiger partial charge on any atom is 0.199 e. The van der Waals surface area contributed by atoms with Crippen molar-refractivity contribution < 1.29 is 10.2 Å². The molecule has 5 nitrogen and oxygen atoms in total. The van der Waals surface area contributed by atoms with E-state index in [2.05, 4.69) is 34.1 Å². The quantitative estimate of drug-likeness (QED) is 0.693. The summed E-state index contributed by atoms with van der Waals surface area (Å²) in [4.78, 5) is 5.18. The molecule has 1 saturated carbocycles. The van der Waals surface area contributed by atoms with E-state index in [1.54, 1.807) is 11.6 Å². The van der Waals surface area contributed by atoms with Crippen LogP contribution in [0.5, 0.6) is 11.8 Å². The molecule has 0 unspecified atom stereocenters. The first-order chi connectivity index (χ1) is 15.1. The number of aromatic hydroxyl groups is 2. The number of anilines is 1. The van der Waals surface area contributed by atoms with Crippen LogP contribution in [0, 0.1) is 0 Å². The van der Waals surface area contributed by atoms with E-state index in [-0.39, 0.29) is 17.3 Å². The second kappa shape index (κ2) is 8.42. The highest BCUT2D eigenvalue weighted by Gasteiger charge is 2.52. The van der Waals surface area contributed by atoms with Gasteiger partial charge < -0.3 is 20.0 Å². The van der Waals surface area contributed by atoms with Crippen LogP contribution in [-0.4, -0.2) is 38.8 Å². The Labute approximate surface area is 186 Å². The third-order valence-corrected chi connectivity index (χ3v) is 8.26. The third-order valence-electron chi connectivity index (χ3n) is 8.26. The van der Waals surface area contributed by atoms with Crippen molar-refractivity contribution in [1.82, 2.24) is 9.47 Å². The van der Waals surface area contributed by atoms with E-state index < -0.39 is 0 Å². The standard InChI is InChI=1S/C26H37N3O2/c1-27-24(30)22-19-29(21-13-9-6-10-14-21)26(23(22)25(27)31)15-17-28(18-16-26)20-11-7-4-2-3-5-8-12-20/h6,9-10,13-14,20,30-31H,2-5,7-8,11-12,15-19H2,1H3. The molecule has 5 heteroatoms. The SMILES string of the molecule is Cn1c(O)c2c(c1O)C1(CCN(C3CCCCCCCC3)CC1)N(c1ccccc1)C2. The van der Waals surface area contributed by atoms with E-state index in [9.17, 15) is 10.2 Å². The second-order valence-corrected chi connectivity index (χ2v) is 9.90. The number of rotatable bonds is 2. The maximum atomic E-state index is 11.0. The van der Waals surface area contributed by atoms with E-state index in [1.807, 2.05) is 6.07 Å². The minimum absolute atomic E-state index is 0.212. The lowest BCUT2D eigenvalue weighted by molar-refractivity contribution is 0.101. The molecule has 0 bridgehead atoms. The molecule has 3 heterocycles. The topological polar surface area (TPSA) is 51.9 Å². The molecular weight excluding hydrogens is 386 g/mol. The average molecular weight is 424 g/mol. The molecule has 1 aromatic heterocycles. The summed E-state index contributed by atoms with van der Waals surface area (Å²) in [5.74, 6) is 0.450. The Kier molecular flexibility index (Phi) is 5.63. The molecule has 5 rings (SSSR count). The molecule has 168 valence electrons. The van der Waals surface area contributed by atoms with Crippen molar-refractivity contribution in [1.29, 1.82) is 0 Å². The molecule has 2 fully saturated rings. The molecule has 1 spiro atoms. The Morgan fingerprint density at radius 3 is 2.10 bits per heavy atom. The normalized spacial score (nSPS) is 22.8. The lowest BCUT2D eigenvalue weighted by Crippen LogP contribution is -2.52. The van der Waals surface area contributed by atoms with Crippen molar-refractivity contribution in [3.63, 3.8) is 0 Å². The Balaban J connectivity index is 1.43. The van der Waals surface area contributed by atoms with Crippen LogP contribution in [-0.2, 0) is 19.1 Å². The number of hydrogen-bond donors (Lipinski definition) is 2. The van der Waals surface area contributed by atoms with Gasteiger partial charge in [0, 0.05) is 49.5 Å². The van der Waals surface area contributed by atoms with Gasteiger partial charge in [0.25, 0.3) is 0 Å². The number of likely N-dealkylation sites (tertiary alicyclic amines) is 1. The lowest BCUT2D eigenvalue weighted by atomic mass is 9.80.